The lowest BCUT2D eigenvalue weighted by Crippen LogP contribution is -2.50. The molecule has 136 valence electrons. The number of nitrogens with zero attached hydrogens (tertiary/aromatic N) is 2. The summed E-state index contributed by atoms with van der Waals surface area (Å²) in [7, 11) is 1.71. The number of fused-ring (bicyclic) bond motifs is 1. The molecule has 6 rings (SSSR count). The highest BCUT2D eigenvalue weighted by Crippen LogP contribution is 2.60. The van der Waals surface area contributed by atoms with E-state index in [-0.39, 0.29) is 11.3 Å². The summed E-state index contributed by atoms with van der Waals surface area (Å²) in [6.07, 6.45) is 7.29. The van der Waals surface area contributed by atoms with E-state index in [4.69, 9.17) is 14.5 Å². The average Bonchev–Trinajstić information content (AvgIpc) is 3.13. The van der Waals surface area contributed by atoms with Gasteiger partial charge in [-0.1, -0.05) is 11.3 Å². The van der Waals surface area contributed by atoms with E-state index < -0.39 is 0 Å². The lowest BCUT2D eigenvalue weighted by Gasteiger charge is -2.55. The average molecular weight is 362 g/mol. The van der Waals surface area contributed by atoms with Crippen LogP contribution in [0.1, 0.15) is 49.1 Å². The van der Waals surface area contributed by atoms with Gasteiger partial charge in [0.05, 0.1) is 35.8 Å². The van der Waals surface area contributed by atoms with Crippen LogP contribution in [-0.4, -0.2) is 24.2 Å². The molecule has 0 saturated heterocycles. The molecule has 2 heterocycles. The maximum Gasteiger partial charge on any atom is 0.254 e. The van der Waals surface area contributed by atoms with Gasteiger partial charge in [-0.05, 0) is 56.3 Å². The molecule has 25 heavy (non-hydrogen) atoms. The van der Waals surface area contributed by atoms with E-state index in [1.165, 1.54) is 29.8 Å². The van der Waals surface area contributed by atoms with E-state index in [0.717, 1.165) is 48.4 Å². The van der Waals surface area contributed by atoms with Crippen molar-refractivity contribution in [1.82, 2.24) is 4.57 Å². The number of hydrogen-bond donors (Lipinski definition) is 0. The first-order chi connectivity index (χ1) is 12.2. The van der Waals surface area contributed by atoms with Crippen molar-refractivity contribution >= 4 is 17.2 Å². The van der Waals surface area contributed by atoms with Gasteiger partial charge in [-0.25, -0.2) is 0 Å². The van der Waals surface area contributed by atoms with E-state index in [2.05, 4.69) is 4.57 Å². The van der Waals surface area contributed by atoms with Crippen LogP contribution in [0.4, 0.5) is 0 Å². The van der Waals surface area contributed by atoms with Crippen molar-refractivity contribution < 1.29 is 14.3 Å². The number of carbonyl (C=O) groups is 1. The lowest BCUT2D eigenvalue weighted by atomic mass is 9.49. The van der Waals surface area contributed by atoms with Gasteiger partial charge >= 0.3 is 0 Å². The van der Waals surface area contributed by atoms with E-state index in [1.54, 1.807) is 18.4 Å². The summed E-state index contributed by atoms with van der Waals surface area (Å²) in [6, 6.07) is 0. The first-order valence-corrected chi connectivity index (χ1v) is 10.4. The molecule has 1 aromatic heterocycles. The molecular weight excluding hydrogens is 336 g/mol. The number of aromatic nitrogens is 1. The molecule has 4 aliphatic carbocycles. The fourth-order valence-electron chi connectivity index (χ4n) is 6.08. The lowest BCUT2D eigenvalue weighted by molar-refractivity contribution is -0.142. The Hall–Kier alpha value is -0.980. The second-order valence-corrected chi connectivity index (χ2v) is 9.57. The van der Waals surface area contributed by atoms with Crippen molar-refractivity contribution in [1.29, 1.82) is 0 Å². The van der Waals surface area contributed by atoms with E-state index in [0.29, 0.717) is 19.8 Å². The normalized spacial score (nSPS) is 36.2. The topological polar surface area (TPSA) is 52.8 Å². The van der Waals surface area contributed by atoms with Gasteiger partial charge in [0.15, 0.2) is 4.80 Å². The van der Waals surface area contributed by atoms with Gasteiger partial charge in [-0.3, -0.25) is 4.79 Å². The van der Waals surface area contributed by atoms with Crippen LogP contribution in [0, 0.1) is 23.2 Å². The van der Waals surface area contributed by atoms with E-state index >= 15 is 0 Å². The summed E-state index contributed by atoms with van der Waals surface area (Å²) in [4.78, 5) is 20.0. The molecule has 4 fully saturated rings. The Balaban J connectivity index is 1.49. The molecule has 0 N–H and O–H groups in total. The third kappa shape index (κ3) is 2.64. The highest BCUT2D eigenvalue weighted by Gasteiger charge is 2.54. The Labute approximate surface area is 152 Å². The van der Waals surface area contributed by atoms with E-state index in [9.17, 15) is 4.79 Å². The number of amides is 1. The molecule has 0 spiro atoms. The highest BCUT2D eigenvalue weighted by atomic mass is 32.1. The van der Waals surface area contributed by atoms with Crippen LogP contribution in [0.5, 0.6) is 0 Å². The summed E-state index contributed by atoms with van der Waals surface area (Å²) in [6.45, 7) is 2.63. The molecule has 0 atom stereocenters. The highest BCUT2D eigenvalue weighted by molar-refractivity contribution is 7.09. The van der Waals surface area contributed by atoms with Gasteiger partial charge in [0.25, 0.3) is 5.91 Å². The molecule has 5 nitrogen and oxygen atoms in total. The molecule has 4 bridgehead atoms. The van der Waals surface area contributed by atoms with Gasteiger partial charge in [-0.2, -0.15) is 4.99 Å². The zero-order chi connectivity index (χ0) is 17.0. The zero-order valence-electron chi connectivity index (χ0n) is 14.8. The number of carbonyl (C=O) groups excluding carboxylic acids is 1. The van der Waals surface area contributed by atoms with Crippen molar-refractivity contribution in [2.24, 2.45) is 28.2 Å². The molecule has 1 aromatic rings. The van der Waals surface area contributed by atoms with Crippen LogP contribution < -0.4 is 4.80 Å². The largest absolute Gasteiger partial charge is 0.383 e. The molecule has 1 aliphatic heterocycles. The number of methoxy groups -OCH3 is 1. The summed E-state index contributed by atoms with van der Waals surface area (Å²) < 4.78 is 13.0. The number of hydrogen-bond acceptors (Lipinski definition) is 4. The van der Waals surface area contributed by atoms with Crippen LogP contribution in [0.3, 0.4) is 0 Å². The fraction of sp³-hybridized carbons (Fsp3) is 0.789. The molecule has 0 aromatic carbocycles. The van der Waals surface area contributed by atoms with Gasteiger partial charge in [0, 0.05) is 13.7 Å². The third-order valence-electron chi connectivity index (χ3n) is 6.77. The van der Waals surface area contributed by atoms with Crippen LogP contribution >= 0.6 is 11.3 Å². The molecule has 0 radical (unpaired) electrons. The quantitative estimate of drug-likeness (QED) is 0.828. The minimum absolute atomic E-state index is 0.151. The van der Waals surface area contributed by atoms with Crippen LogP contribution in [-0.2, 0) is 34.0 Å². The van der Waals surface area contributed by atoms with Gasteiger partial charge in [0.1, 0.15) is 0 Å². The zero-order valence-corrected chi connectivity index (χ0v) is 15.6. The standard InChI is InChI=1S/C19H26N2O3S/c1-23-3-2-21-15-10-24-11-16(15)25-18(21)20-17(22)19-7-12-4-13(8-19)6-14(5-12)9-19/h12-14H,2-11H2,1H3/b20-18-. The Morgan fingerprint density at radius 3 is 2.56 bits per heavy atom. The Bertz CT molecular complexity index is 728. The summed E-state index contributed by atoms with van der Waals surface area (Å²) in [5.74, 6) is 2.46. The number of thiazole rings is 1. The second kappa shape index (κ2) is 6.03. The van der Waals surface area contributed by atoms with Crippen molar-refractivity contribution in [3.63, 3.8) is 0 Å². The molecule has 6 heteroatoms. The van der Waals surface area contributed by atoms with Gasteiger partial charge in [-0.15, -0.1) is 0 Å². The molecule has 4 saturated carbocycles. The van der Waals surface area contributed by atoms with Crippen LogP contribution in [0.2, 0.25) is 0 Å². The van der Waals surface area contributed by atoms with Crippen LogP contribution in [0.15, 0.2) is 4.99 Å². The van der Waals surface area contributed by atoms with E-state index in [1.807, 2.05) is 0 Å². The Morgan fingerprint density at radius 1 is 1.24 bits per heavy atom. The molecule has 0 unspecified atom stereocenters. The predicted octanol–water partition coefficient (Wildman–Crippen LogP) is 2.87. The van der Waals surface area contributed by atoms with Crippen LogP contribution in [0.25, 0.3) is 0 Å². The molecule has 1 amide bonds. The maximum absolute atomic E-state index is 13.3. The summed E-state index contributed by atoms with van der Waals surface area (Å²) in [5.41, 5.74) is 1.03. The first-order valence-electron chi connectivity index (χ1n) is 9.54. The van der Waals surface area contributed by atoms with Crippen molar-refractivity contribution in [2.45, 2.75) is 58.3 Å². The smallest absolute Gasteiger partial charge is 0.254 e. The molecule has 5 aliphatic rings. The number of rotatable bonds is 4. The third-order valence-corrected chi connectivity index (χ3v) is 7.87. The molecular formula is C19H26N2O3S. The van der Waals surface area contributed by atoms with Crippen molar-refractivity contribution in [3.8, 4) is 0 Å². The minimum atomic E-state index is -0.154. The number of ether oxygens (including phenoxy) is 2. The SMILES string of the molecule is COCCn1c2c(s/c1=N\C(=O)C13CC4CC(CC(C4)C1)C3)COC2. The van der Waals surface area contributed by atoms with Crippen molar-refractivity contribution in [2.75, 3.05) is 13.7 Å². The van der Waals surface area contributed by atoms with Gasteiger partial charge in [0.2, 0.25) is 0 Å². The van der Waals surface area contributed by atoms with Gasteiger partial charge < -0.3 is 14.0 Å². The summed E-state index contributed by atoms with van der Waals surface area (Å²) >= 11 is 1.63. The monoisotopic (exact) mass is 362 g/mol. The maximum atomic E-state index is 13.3. The second-order valence-electron chi connectivity index (χ2n) is 8.51. The Morgan fingerprint density at radius 2 is 1.92 bits per heavy atom. The Kier molecular flexibility index (Phi) is 3.91. The fourth-order valence-corrected chi connectivity index (χ4v) is 7.17. The predicted molar refractivity (Wildman–Crippen MR) is 93.9 cm³/mol. The minimum Gasteiger partial charge on any atom is -0.383 e. The summed E-state index contributed by atoms with van der Waals surface area (Å²) in [5, 5.41) is 0. The van der Waals surface area contributed by atoms with Crippen molar-refractivity contribution in [3.05, 3.63) is 15.4 Å². The first kappa shape index (κ1) is 16.2.